The molecule has 0 bridgehead atoms. The van der Waals surface area contributed by atoms with Crippen molar-refractivity contribution in [1.29, 1.82) is 0 Å². The fourth-order valence-corrected chi connectivity index (χ4v) is 4.79. The molecule has 0 atom stereocenters. The molecule has 160 valence electrons. The molecule has 2 fully saturated rings. The number of anilines is 1. The van der Waals surface area contributed by atoms with Gasteiger partial charge >= 0.3 is 0 Å². The Morgan fingerprint density at radius 1 is 0.774 bits per heavy atom. The molecule has 3 aromatic rings. The van der Waals surface area contributed by atoms with Gasteiger partial charge < -0.3 is 14.5 Å². The van der Waals surface area contributed by atoms with Gasteiger partial charge in [-0.1, -0.05) is 36.8 Å². The van der Waals surface area contributed by atoms with Gasteiger partial charge in [0.25, 0.3) is 0 Å². The van der Waals surface area contributed by atoms with Crippen molar-refractivity contribution in [1.82, 2.24) is 14.9 Å². The molecular formula is C26H30N4O. The highest BCUT2D eigenvalue weighted by Crippen LogP contribution is 2.33. The number of nitrogens with zero attached hydrogens (tertiary/aromatic N) is 4. The van der Waals surface area contributed by atoms with Gasteiger partial charge in [-0.3, -0.25) is 0 Å². The number of aromatic nitrogens is 2. The summed E-state index contributed by atoms with van der Waals surface area (Å²) in [4.78, 5) is 14.3. The maximum absolute atomic E-state index is 6.15. The van der Waals surface area contributed by atoms with Crippen molar-refractivity contribution in [3.05, 3.63) is 67.0 Å². The third-order valence-corrected chi connectivity index (χ3v) is 6.48. The molecule has 0 unspecified atom stereocenters. The Hall–Kier alpha value is -2.92. The lowest BCUT2D eigenvalue weighted by Crippen LogP contribution is -2.46. The minimum Gasteiger partial charge on any atom is -0.457 e. The summed E-state index contributed by atoms with van der Waals surface area (Å²) in [6.45, 7) is 4.67. The summed E-state index contributed by atoms with van der Waals surface area (Å²) in [5, 5.41) is 0. The zero-order valence-electron chi connectivity index (χ0n) is 18.0. The van der Waals surface area contributed by atoms with Gasteiger partial charge in [-0.2, -0.15) is 0 Å². The molecule has 5 rings (SSSR count). The monoisotopic (exact) mass is 414 g/mol. The maximum Gasteiger partial charge on any atom is 0.136 e. The highest BCUT2D eigenvalue weighted by molar-refractivity contribution is 5.69. The van der Waals surface area contributed by atoms with Gasteiger partial charge in [0.15, 0.2) is 0 Å². The minimum absolute atomic E-state index is 0.734. The molecule has 2 aliphatic rings. The molecule has 0 aliphatic carbocycles. The molecule has 2 saturated heterocycles. The first-order valence-corrected chi connectivity index (χ1v) is 11.5. The normalized spacial score (nSPS) is 18.1. The van der Waals surface area contributed by atoms with Gasteiger partial charge in [0.05, 0.1) is 5.69 Å². The van der Waals surface area contributed by atoms with Crippen LogP contribution in [0.4, 0.5) is 5.82 Å². The molecular weight excluding hydrogens is 384 g/mol. The lowest BCUT2D eigenvalue weighted by Gasteiger charge is -2.40. The van der Waals surface area contributed by atoms with Gasteiger partial charge in [-0.15, -0.1) is 0 Å². The molecule has 5 nitrogen and oxygen atoms in total. The first-order chi connectivity index (χ1) is 15.4. The number of para-hydroxylation sites is 2. The largest absolute Gasteiger partial charge is 0.457 e. The van der Waals surface area contributed by atoms with Crippen LogP contribution in [0.5, 0.6) is 11.5 Å². The lowest BCUT2D eigenvalue weighted by molar-refractivity contribution is 0.141. The van der Waals surface area contributed by atoms with E-state index in [1.54, 1.807) is 6.33 Å². The van der Waals surface area contributed by atoms with Crippen molar-refractivity contribution in [3.63, 3.8) is 0 Å². The summed E-state index contributed by atoms with van der Waals surface area (Å²) in [5.41, 5.74) is 1.88. The highest BCUT2D eigenvalue weighted by atomic mass is 16.5. The molecule has 5 heteroatoms. The smallest absolute Gasteiger partial charge is 0.136 e. The van der Waals surface area contributed by atoms with Gasteiger partial charge in [-0.05, 0) is 63.0 Å². The molecule has 0 spiro atoms. The summed E-state index contributed by atoms with van der Waals surface area (Å²) < 4.78 is 6.15. The quantitative estimate of drug-likeness (QED) is 0.560. The summed E-state index contributed by atoms with van der Waals surface area (Å²) in [6, 6.07) is 20.8. The Morgan fingerprint density at radius 3 is 2.32 bits per heavy atom. The zero-order valence-corrected chi connectivity index (χ0v) is 18.0. The fraction of sp³-hybridized carbons (Fsp3) is 0.385. The van der Waals surface area contributed by atoms with Crippen molar-refractivity contribution in [2.24, 2.45) is 0 Å². The first kappa shape index (κ1) is 20.0. The molecule has 1 aromatic heterocycles. The van der Waals surface area contributed by atoms with Crippen LogP contribution in [0, 0.1) is 0 Å². The van der Waals surface area contributed by atoms with E-state index in [0.717, 1.165) is 47.7 Å². The van der Waals surface area contributed by atoms with Crippen molar-refractivity contribution in [3.8, 4) is 22.8 Å². The van der Waals surface area contributed by atoms with Crippen LogP contribution >= 0.6 is 0 Å². The average molecular weight is 415 g/mol. The van der Waals surface area contributed by atoms with E-state index in [9.17, 15) is 0 Å². The number of hydrogen-bond acceptors (Lipinski definition) is 5. The standard InChI is InChI=1S/C26H30N4O/c1-3-9-22(10-4-1)31-25-12-6-5-11-23(25)24-19-26(28-20-27-24)30-17-13-21(14-18-30)29-15-7-2-8-16-29/h1,3-6,9-12,19-21H,2,7-8,13-18H2. The van der Waals surface area contributed by atoms with E-state index in [-0.39, 0.29) is 0 Å². The number of ether oxygens (including phenoxy) is 1. The highest BCUT2D eigenvalue weighted by Gasteiger charge is 2.26. The first-order valence-electron chi connectivity index (χ1n) is 11.5. The number of rotatable bonds is 5. The minimum atomic E-state index is 0.734. The third kappa shape index (κ3) is 4.72. The van der Waals surface area contributed by atoms with Gasteiger partial charge in [-0.25, -0.2) is 9.97 Å². The Balaban J connectivity index is 1.31. The van der Waals surface area contributed by atoms with E-state index in [1.165, 1.54) is 45.2 Å². The van der Waals surface area contributed by atoms with Crippen molar-refractivity contribution in [2.75, 3.05) is 31.1 Å². The Kier molecular flexibility index (Phi) is 6.12. The van der Waals surface area contributed by atoms with E-state index < -0.39 is 0 Å². The van der Waals surface area contributed by atoms with Crippen LogP contribution in [0.1, 0.15) is 32.1 Å². The Bertz CT molecular complexity index is 979. The van der Waals surface area contributed by atoms with Crippen LogP contribution in [0.15, 0.2) is 67.0 Å². The molecule has 3 heterocycles. The van der Waals surface area contributed by atoms with Crippen LogP contribution in [0.25, 0.3) is 11.3 Å². The van der Waals surface area contributed by atoms with Crippen LogP contribution in [0.3, 0.4) is 0 Å². The number of hydrogen-bond donors (Lipinski definition) is 0. The summed E-state index contributed by atoms with van der Waals surface area (Å²) >= 11 is 0. The van der Waals surface area contributed by atoms with E-state index in [4.69, 9.17) is 4.74 Å². The van der Waals surface area contributed by atoms with Gasteiger partial charge in [0.1, 0.15) is 23.6 Å². The van der Waals surface area contributed by atoms with Crippen LogP contribution < -0.4 is 9.64 Å². The Morgan fingerprint density at radius 2 is 1.52 bits per heavy atom. The second-order valence-corrected chi connectivity index (χ2v) is 8.49. The predicted molar refractivity (Wildman–Crippen MR) is 125 cm³/mol. The Labute approximate surface area is 184 Å². The molecule has 0 saturated carbocycles. The zero-order chi connectivity index (χ0) is 20.9. The fourth-order valence-electron chi connectivity index (χ4n) is 4.79. The van der Waals surface area contributed by atoms with Crippen molar-refractivity contribution < 1.29 is 4.74 Å². The predicted octanol–water partition coefficient (Wildman–Crippen LogP) is 5.39. The molecule has 0 amide bonds. The summed E-state index contributed by atoms with van der Waals surface area (Å²) in [5.74, 6) is 2.64. The molecule has 0 radical (unpaired) electrons. The molecule has 0 N–H and O–H groups in total. The van der Waals surface area contributed by atoms with Crippen LogP contribution in [-0.4, -0.2) is 47.1 Å². The van der Waals surface area contributed by atoms with Crippen molar-refractivity contribution in [2.45, 2.75) is 38.1 Å². The van der Waals surface area contributed by atoms with Gasteiger partial charge in [0, 0.05) is 30.8 Å². The van der Waals surface area contributed by atoms with E-state index in [0.29, 0.717) is 0 Å². The van der Waals surface area contributed by atoms with Crippen molar-refractivity contribution >= 4 is 5.82 Å². The number of benzene rings is 2. The summed E-state index contributed by atoms with van der Waals surface area (Å²) in [7, 11) is 0. The topological polar surface area (TPSA) is 41.5 Å². The van der Waals surface area contributed by atoms with E-state index >= 15 is 0 Å². The molecule has 2 aromatic carbocycles. The lowest BCUT2D eigenvalue weighted by atomic mass is 10.00. The number of piperidine rings is 2. The SMILES string of the molecule is c1ccc(Oc2ccccc2-c2cc(N3CCC(N4CCCCC4)CC3)ncn2)cc1. The number of likely N-dealkylation sites (tertiary alicyclic amines) is 1. The summed E-state index contributed by atoms with van der Waals surface area (Å²) in [6.07, 6.45) is 8.23. The van der Waals surface area contributed by atoms with E-state index in [2.05, 4.69) is 31.9 Å². The van der Waals surface area contributed by atoms with Gasteiger partial charge in [0.2, 0.25) is 0 Å². The second kappa shape index (κ2) is 9.48. The average Bonchev–Trinajstić information content (AvgIpc) is 2.86. The third-order valence-electron chi connectivity index (χ3n) is 6.48. The van der Waals surface area contributed by atoms with Crippen LogP contribution in [0.2, 0.25) is 0 Å². The second-order valence-electron chi connectivity index (χ2n) is 8.49. The maximum atomic E-state index is 6.15. The van der Waals surface area contributed by atoms with E-state index in [1.807, 2.05) is 48.5 Å². The molecule has 31 heavy (non-hydrogen) atoms. The molecule has 2 aliphatic heterocycles. The van der Waals surface area contributed by atoms with Crippen LogP contribution in [-0.2, 0) is 0 Å².